The topological polar surface area (TPSA) is 32.3 Å². The lowest BCUT2D eigenvalue weighted by molar-refractivity contribution is 0.103. The minimum absolute atomic E-state index is 0.0142. The number of aliphatic hydroxyl groups excluding tert-OH is 1. The van der Waals surface area contributed by atoms with Crippen LogP contribution in [0.15, 0.2) is 0 Å². The third kappa shape index (κ3) is 4.43. The Labute approximate surface area is 88.1 Å². The van der Waals surface area contributed by atoms with Crippen LogP contribution in [0.1, 0.15) is 52.9 Å². The summed E-state index contributed by atoms with van der Waals surface area (Å²) in [7, 11) is 0. The van der Waals surface area contributed by atoms with Crippen molar-refractivity contribution >= 4 is 0 Å². The van der Waals surface area contributed by atoms with Gasteiger partial charge in [0.15, 0.2) is 0 Å². The molecule has 0 aliphatic heterocycles. The van der Waals surface area contributed by atoms with E-state index in [1.807, 2.05) is 0 Å². The fourth-order valence-electron chi connectivity index (χ4n) is 2.52. The first-order valence-corrected chi connectivity index (χ1v) is 6.02. The van der Waals surface area contributed by atoms with Gasteiger partial charge in [0.2, 0.25) is 0 Å². The molecular weight excluding hydrogens is 174 g/mol. The summed E-state index contributed by atoms with van der Waals surface area (Å²) in [5, 5.41) is 12.9. The number of hydrogen-bond acceptors (Lipinski definition) is 2. The summed E-state index contributed by atoms with van der Waals surface area (Å²) in [5.41, 5.74) is 0. The molecule has 0 aromatic heterocycles. The van der Waals surface area contributed by atoms with Crippen molar-refractivity contribution in [3.05, 3.63) is 0 Å². The summed E-state index contributed by atoms with van der Waals surface area (Å²) in [6, 6.07) is 1.20. The standard InChI is InChI=1S/C12H25NO/c1-9(2)13-10(3)8-11-4-6-12(14)7-5-11/h9-14H,4-8H2,1-3H3. The molecule has 1 aliphatic carbocycles. The Kier molecular flexibility index (Phi) is 4.90. The highest BCUT2D eigenvalue weighted by atomic mass is 16.3. The average molecular weight is 199 g/mol. The van der Waals surface area contributed by atoms with Crippen LogP contribution in [0.5, 0.6) is 0 Å². The molecule has 1 saturated carbocycles. The fourth-order valence-corrected chi connectivity index (χ4v) is 2.52. The molecule has 2 N–H and O–H groups in total. The molecule has 2 heteroatoms. The highest BCUT2D eigenvalue weighted by molar-refractivity contribution is 4.75. The van der Waals surface area contributed by atoms with Crippen molar-refractivity contribution in [3.8, 4) is 0 Å². The molecule has 0 amide bonds. The Bertz CT molecular complexity index is 150. The third-order valence-electron chi connectivity index (χ3n) is 3.12. The molecule has 1 rings (SSSR count). The van der Waals surface area contributed by atoms with Crippen LogP contribution in [-0.4, -0.2) is 23.3 Å². The summed E-state index contributed by atoms with van der Waals surface area (Å²) in [4.78, 5) is 0. The molecular formula is C12H25NO. The van der Waals surface area contributed by atoms with Gasteiger partial charge in [0.1, 0.15) is 0 Å². The zero-order valence-electron chi connectivity index (χ0n) is 9.79. The monoisotopic (exact) mass is 199 g/mol. The van der Waals surface area contributed by atoms with E-state index in [4.69, 9.17) is 0 Å². The molecule has 1 atom stereocenters. The molecule has 0 saturated heterocycles. The predicted molar refractivity (Wildman–Crippen MR) is 60.3 cm³/mol. The van der Waals surface area contributed by atoms with Crippen molar-refractivity contribution < 1.29 is 5.11 Å². The first-order chi connectivity index (χ1) is 6.58. The number of hydrogen-bond donors (Lipinski definition) is 2. The van der Waals surface area contributed by atoms with Crippen LogP contribution in [0.25, 0.3) is 0 Å². The summed E-state index contributed by atoms with van der Waals surface area (Å²) in [6.45, 7) is 6.66. The van der Waals surface area contributed by atoms with Crippen molar-refractivity contribution in [1.29, 1.82) is 0 Å². The number of nitrogens with one attached hydrogen (secondary N) is 1. The first-order valence-electron chi connectivity index (χ1n) is 6.02. The van der Waals surface area contributed by atoms with Crippen LogP contribution >= 0.6 is 0 Å². The number of rotatable bonds is 4. The maximum atomic E-state index is 9.39. The van der Waals surface area contributed by atoms with E-state index in [2.05, 4.69) is 26.1 Å². The summed E-state index contributed by atoms with van der Waals surface area (Å²) >= 11 is 0. The van der Waals surface area contributed by atoms with E-state index in [-0.39, 0.29) is 6.10 Å². The maximum absolute atomic E-state index is 9.39. The molecule has 1 aliphatic rings. The van der Waals surface area contributed by atoms with E-state index < -0.39 is 0 Å². The van der Waals surface area contributed by atoms with Gasteiger partial charge >= 0.3 is 0 Å². The second kappa shape index (κ2) is 5.72. The molecule has 1 unspecified atom stereocenters. The predicted octanol–water partition coefficient (Wildman–Crippen LogP) is 2.31. The minimum Gasteiger partial charge on any atom is -0.393 e. The zero-order chi connectivity index (χ0) is 10.6. The summed E-state index contributed by atoms with van der Waals surface area (Å²) < 4.78 is 0. The van der Waals surface area contributed by atoms with E-state index in [9.17, 15) is 5.11 Å². The third-order valence-corrected chi connectivity index (χ3v) is 3.12. The van der Waals surface area contributed by atoms with Crippen molar-refractivity contribution in [3.63, 3.8) is 0 Å². The second-order valence-corrected chi connectivity index (χ2v) is 5.13. The fraction of sp³-hybridized carbons (Fsp3) is 1.00. The van der Waals surface area contributed by atoms with Crippen molar-refractivity contribution in [2.75, 3.05) is 0 Å². The van der Waals surface area contributed by atoms with Crippen LogP contribution in [0, 0.1) is 5.92 Å². The highest BCUT2D eigenvalue weighted by Crippen LogP contribution is 2.27. The minimum atomic E-state index is -0.0142. The van der Waals surface area contributed by atoms with Gasteiger partial charge < -0.3 is 10.4 Å². The Balaban J connectivity index is 2.17. The van der Waals surface area contributed by atoms with Gasteiger partial charge in [0.05, 0.1) is 6.10 Å². The normalized spacial score (nSPS) is 30.6. The van der Waals surface area contributed by atoms with E-state index in [0.29, 0.717) is 12.1 Å². The van der Waals surface area contributed by atoms with Crippen molar-refractivity contribution in [2.45, 2.75) is 71.1 Å². The molecule has 1 fully saturated rings. The van der Waals surface area contributed by atoms with Gasteiger partial charge in [0, 0.05) is 12.1 Å². The Morgan fingerprint density at radius 2 is 1.71 bits per heavy atom. The molecule has 0 aromatic rings. The van der Waals surface area contributed by atoms with Crippen LogP contribution in [-0.2, 0) is 0 Å². The van der Waals surface area contributed by atoms with Gasteiger partial charge in [-0.15, -0.1) is 0 Å². The van der Waals surface area contributed by atoms with Gasteiger partial charge in [-0.25, -0.2) is 0 Å². The van der Waals surface area contributed by atoms with Gasteiger partial charge in [-0.1, -0.05) is 13.8 Å². The Morgan fingerprint density at radius 1 is 1.14 bits per heavy atom. The Morgan fingerprint density at radius 3 is 2.21 bits per heavy atom. The highest BCUT2D eigenvalue weighted by Gasteiger charge is 2.20. The van der Waals surface area contributed by atoms with Crippen molar-refractivity contribution in [1.82, 2.24) is 5.32 Å². The largest absolute Gasteiger partial charge is 0.393 e. The maximum Gasteiger partial charge on any atom is 0.0540 e. The van der Waals surface area contributed by atoms with E-state index in [0.717, 1.165) is 18.8 Å². The van der Waals surface area contributed by atoms with Gasteiger partial charge in [0.25, 0.3) is 0 Å². The number of aliphatic hydroxyl groups is 1. The molecule has 0 aromatic carbocycles. The zero-order valence-corrected chi connectivity index (χ0v) is 9.79. The first kappa shape index (κ1) is 12.0. The molecule has 0 spiro atoms. The lowest BCUT2D eigenvalue weighted by Crippen LogP contribution is -2.34. The second-order valence-electron chi connectivity index (χ2n) is 5.13. The van der Waals surface area contributed by atoms with Crippen molar-refractivity contribution in [2.24, 2.45) is 5.92 Å². The molecule has 2 nitrogen and oxygen atoms in total. The molecule has 0 radical (unpaired) electrons. The smallest absolute Gasteiger partial charge is 0.0540 e. The van der Waals surface area contributed by atoms with Crippen LogP contribution in [0.2, 0.25) is 0 Å². The van der Waals surface area contributed by atoms with Crippen LogP contribution in [0.3, 0.4) is 0 Å². The molecule has 84 valence electrons. The molecule has 0 heterocycles. The van der Waals surface area contributed by atoms with Gasteiger partial charge in [-0.2, -0.15) is 0 Å². The SMILES string of the molecule is CC(C)NC(C)CC1CCC(O)CC1. The van der Waals surface area contributed by atoms with E-state index in [1.54, 1.807) is 0 Å². The lowest BCUT2D eigenvalue weighted by atomic mass is 9.83. The van der Waals surface area contributed by atoms with E-state index >= 15 is 0 Å². The molecule has 0 bridgehead atoms. The summed E-state index contributed by atoms with van der Waals surface area (Å²) in [5.74, 6) is 0.833. The van der Waals surface area contributed by atoms with E-state index in [1.165, 1.54) is 19.3 Å². The van der Waals surface area contributed by atoms with Crippen LogP contribution < -0.4 is 5.32 Å². The van der Waals surface area contributed by atoms with Gasteiger partial charge in [-0.3, -0.25) is 0 Å². The van der Waals surface area contributed by atoms with Gasteiger partial charge in [-0.05, 0) is 44.9 Å². The lowest BCUT2D eigenvalue weighted by Gasteiger charge is -2.28. The Hall–Kier alpha value is -0.0800. The quantitative estimate of drug-likeness (QED) is 0.728. The molecule has 14 heavy (non-hydrogen) atoms. The average Bonchev–Trinajstić information content (AvgIpc) is 2.07. The van der Waals surface area contributed by atoms with Crippen LogP contribution in [0.4, 0.5) is 0 Å². The summed E-state index contributed by atoms with van der Waals surface area (Å²) in [6.07, 6.45) is 5.71.